The van der Waals surface area contributed by atoms with Gasteiger partial charge in [0.25, 0.3) is 0 Å². The van der Waals surface area contributed by atoms with E-state index in [4.69, 9.17) is 17.8 Å². The van der Waals surface area contributed by atoms with Crippen LogP contribution in [0.3, 0.4) is 0 Å². The van der Waals surface area contributed by atoms with Gasteiger partial charge >= 0.3 is 97.5 Å². The number of rotatable bonds is 2. The van der Waals surface area contributed by atoms with Gasteiger partial charge in [-0.2, -0.15) is 0 Å². The first kappa shape index (κ1) is 10.3. The molecule has 2 heterocycles. The zero-order valence-electron chi connectivity index (χ0n) is 6.54. The molecule has 2 rings (SSSR count). The quantitative estimate of drug-likeness (QED) is 0.727. The molecule has 2 aromatic heterocycles. The topological polar surface area (TPSA) is 0 Å². The van der Waals surface area contributed by atoms with Crippen molar-refractivity contribution in [2.75, 3.05) is 0 Å². The fourth-order valence-electron chi connectivity index (χ4n) is 1.04. The summed E-state index contributed by atoms with van der Waals surface area (Å²) in [6.07, 6.45) is 0. The van der Waals surface area contributed by atoms with Crippen molar-refractivity contribution in [3.63, 3.8) is 0 Å². The van der Waals surface area contributed by atoms with Crippen LogP contribution in [0.5, 0.6) is 0 Å². The maximum atomic E-state index is 6.47. The Morgan fingerprint density at radius 3 is 1.69 bits per heavy atom. The predicted octanol–water partition coefficient (Wildman–Crippen LogP) is 2.84. The van der Waals surface area contributed by atoms with E-state index in [1.54, 1.807) is 22.7 Å². The third-order valence-corrected chi connectivity index (χ3v) is 22.1. The molecule has 0 spiro atoms. The van der Waals surface area contributed by atoms with E-state index in [1.165, 1.54) is 5.79 Å². The standard InChI is InChI=1S/2C4H3S.2ClH.Sn/c2*1-2-4-5-3-1;;;/h2*1-3H;2*1H;/q;;;;+2/p-2. The summed E-state index contributed by atoms with van der Waals surface area (Å²) in [6, 6.07) is 8.09. The molecule has 0 saturated carbocycles. The van der Waals surface area contributed by atoms with Gasteiger partial charge < -0.3 is 0 Å². The van der Waals surface area contributed by atoms with Crippen molar-refractivity contribution in [2.24, 2.45) is 0 Å². The summed E-state index contributed by atoms with van der Waals surface area (Å²) in [4.78, 5) is 0. The van der Waals surface area contributed by atoms with Crippen LogP contribution in [-0.2, 0) is 0 Å². The molecule has 0 saturated heterocycles. The molecule has 5 heteroatoms. The third-order valence-electron chi connectivity index (χ3n) is 1.66. The molecule has 68 valence electrons. The van der Waals surface area contributed by atoms with E-state index in [2.05, 4.69) is 0 Å². The van der Waals surface area contributed by atoms with E-state index < -0.39 is 16.1 Å². The van der Waals surface area contributed by atoms with E-state index in [0.29, 0.717) is 0 Å². The first-order chi connectivity index (χ1) is 6.21. The summed E-state index contributed by atoms with van der Waals surface area (Å²) in [7, 11) is 12.9. The monoisotopic (exact) mass is 356 g/mol. The van der Waals surface area contributed by atoms with Gasteiger partial charge in [-0.3, -0.25) is 0 Å². The molecular weight excluding hydrogens is 350 g/mol. The summed E-state index contributed by atoms with van der Waals surface area (Å²) in [5.74, 6) is 0. The normalized spacial score (nSPS) is 11.8. The summed E-state index contributed by atoms with van der Waals surface area (Å²) >= 11 is 0.192. The Kier molecular flexibility index (Phi) is 3.25. The van der Waals surface area contributed by atoms with E-state index in [1.807, 2.05) is 35.0 Å². The second-order valence-corrected chi connectivity index (χ2v) is 21.8. The molecule has 0 aliphatic carbocycles. The molecule has 0 radical (unpaired) electrons. The minimum atomic E-state index is -3.14. The van der Waals surface area contributed by atoms with Crippen LogP contribution in [0.1, 0.15) is 0 Å². The maximum absolute atomic E-state index is 6.47. The molecule has 0 unspecified atom stereocenters. The van der Waals surface area contributed by atoms with Gasteiger partial charge in [0, 0.05) is 0 Å². The Morgan fingerprint density at radius 1 is 0.923 bits per heavy atom. The van der Waals surface area contributed by atoms with Gasteiger partial charge in [0.1, 0.15) is 0 Å². The third kappa shape index (κ3) is 2.07. The molecule has 0 fully saturated rings. The van der Waals surface area contributed by atoms with Gasteiger partial charge in [-0.15, -0.1) is 0 Å². The van der Waals surface area contributed by atoms with E-state index >= 15 is 0 Å². The van der Waals surface area contributed by atoms with Crippen LogP contribution in [0.2, 0.25) is 0 Å². The Hall–Kier alpha value is 0.779. The zero-order valence-corrected chi connectivity index (χ0v) is 12.5. The molecule has 0 aliphatic rings. The number of hydrogen-bond acceptors (Lipinski definition) is 2. The molecule has 0 atom stereocenters. The number of halogens is 2. The van der Waals surface area contributed by atoms with Crippen LogP contribution in [0.15, 0.2) is 35.0 Å². The van der Waals surface area contributed by atoms with E-state index in [9.17, 15) is 0 Å². The average Bonchev–Trinajstić information content (AvgIpc) is 2.78. The molecule has 0 aliphatic heterocycles. The van der Waals surface area contributed by atoms with Crippen molar-refractivity contribution >= 4 is 62.4 Å². The Morgan fingerprint density at radius 2 is 1.38 bits per heavy atom. The molecule has 0 amide bonds. The van der Waals surface area contributed by atoms with Crippen LogP contribution >= 0.6 is 40.5 Å². The second-order valence-electron chi connectivity index (χ2n) is 2.53. The average molecular weight is 356 g/mol. The van der Waals surface area contributed by atoms with Crippen molar-refractivity contribution in [3.05, 3.63) is 35.0 Å². The fraction of sp³-hybridized carbons (Fsp3) is 0. The van der Waals surface area contributed by atoms with Crippen molar-refractivity contribution in [3.8, 4) is 0 Å². The van der Waals surface area contributed by atoms with Gasteiger partial charge in [0.05, 0.1) is 0 Å². The summed E-state index contributed by atoms with van der Waals surface area (Å²) in [5, 5.41) is 4.05. The predicted molar refractivity (Wildman–Crippen MR) is 65.4 cm³/mol. The Labute approximate surface area is 96.4 Å². The summed E-state index contributed by atoms with van der Waals surface area (Å²) in [6.45, 7) is 0. The molecule has 0 N–H and O–H groups in total. The van der Waals surface area contributed by atoms with Gasteiger partial charge in [0.15, 0.2) is 0 Å². The fourth-order valence-corrected chi connectivity index (χ4v) is 15.6. The molecular formula is C8H6Cl2S2Sn. The molecule has 2 aromatic rings. The van der Waals surface area contributed by atoms with Crippen molar-refractivity contribution in [1.82, 2.24) is 0 Å². The van der Waals surface area contributed by atoms with Gasteiger partial charge in [-0.25, -0.2) is 0 Å². The van der Waals surface area contributed by atoms with Crippen molar-refractivity contribution < 1.29 is 0 Å². The Bertz CT molecular complexity index is 331. The number of hydrogen-bond donors (Lipinski definition) is 0. The summed E-state index contributed by atoms with van der Waals surface area (Å²) in [5.41, 5.74) is 0. The number of thiophene rings is 2. The minimum absolute atomic E-state index is 1.18. The van der Waals surface area contributed by atoms with Gasteiger partial charge in [-0.1, -0.05) is 0 Å². The van der Waals surface area contributed by atoms with E-state index in [0.717, 1.165) is 0 Å². The van der Waals surface area contributed by atoms with Crippen molar-refractivity contribution in [2.45, 2.75) is 0 Å². The second kappa shape index (κ2) is 4.11. The molecule has 0 bridgehead atoms. The van der Waals surface area contributed by atoms with Crippen LogP contribution in [0, 0.1) is 0 Å². The van der Waals surface area contributed by atoms with Crippen LogP contribution in [0.4, 0.5) is 0 Å². The van der Waals surface area contributed by atoms with Crippen molar-refractivity contribution in [1.29, 1.82) is 0 Å². The Balaban J connectivity index is 2.42. The first-order valence-electron chi connectivity index (χ1n) is 3.67. The van der Waals surface area contributed by atoms with Gasteiger partial charge in [-0.05, 0) is 0 Å². The van der Waals surface area contributed by atoms with Crippen LogP contribution in [0.25, 0.3) is 0 Å². The van der Waals surface area contributed by atoms with Crippen LogP contribution < -0.4 is 5.79 Å². The zero-order chi connectivity index (χ0) is 9.31. The molecule has 13 heavy (non-hydrogen) atoms. The SMILES string of the molecule is [Cl][Sn]([Cl])([c]1cccs1)[c]1cccs1. The van der Waals surface area contributed by atoms with E-state index in [-0.39, 0.29) is 0 Å². The van der Waals surface area contributed by atoms with Crippen LogP contribution in [-0.4, -0.2) is 16.1 Å². The first-order valence-corrected chi connectivity index (χ1v) is 15.5. The molecule has 0 aromatic carbocycles. The van der Waals surface area contributed by atoms with Gasteiger partial charge in [0.2, 0.25) is 0 Å². The summed E-state index contributed by atoms with van der Waals surface area (Å²) < 4.78 is 2.36. The molecule has 0 nitrogen and oxygen atoms in total.